The lowest BCUT2D eigenvalue weighted by Gasteiger charge is -2.22. The minimum atomic E-state index is -0.496. The van der Waals surface area contributed by atoms with Crippen LogP contribution in [0.5, 0.6) is 11.5 Å². The molecule has 3 rings (SSSR count). The van der Waals surface area contributed by atoms with E-state index in [0.717, 1.165) is 43.2 Å². The number of β-amino-alcohol motifs (C(OH)–C–C–N with tert-alkyl or cyclic N) is 1. The van der Waals surface area contributed by atoms with Crippen LogP contribution in [0.15, 0.2) is 36.7 Å². The van der Waals surface area contributed by atoms with Crippen molar-refractivity contribution >= 4 is 0 Å². The molecule has 1 aliphatic heterocycles. The van der Waals surface area contributed by atoms with Crippen LogP contribution in [0.2, 0.25) is 0 Å². The Hall–Kier alpha value is -2.15. The molecule has 29 heavy (non-hydrogen) atoms. The summed E-state index contributed by atoms with van der Waals surface area (Å²) in [4.78, 5) is 8.71. The fourth-order valence-electron chi connectivity index (χ4n) is 3.75. The van der Waals surface area contributed by atoms with Crippen LogP contribution in [0, 0.1) is 6.92 Å². The van der Waals surface area contributed by atoms with E-state index in [1.807, 2.05) is 30.6 Å². The standard InChI is InChI=1S/C23H33N3O3/c1-18-13-24-9-8-19(18)14-25(2)15-20-6-7-22(28-3)12-23(20)29-17-21(27)16-26-10-4-5-11-26/h6-9,12-13,21,27H,4-5,10-11,14-17H2,1-3H3/t21-/m0/s1. The smallest absolute Gasteiger partial charge is 0.127 e. The van der Waals surface area contributed by atoms with E-state index in [1.54, 1.807) is 7.11 Å². The van der Waals surface area contributed by atoms with Gasteiger partial charge in [0.25, 0.3) is 0 Å². The molecule has 0 unspecified atom stereocenters. The number of nitrogens with zero attached hydrogens (tertiary/aromatic N) is 3. The Morgan fingerprint density at radius 2 is 1.93 bits per heavy atom. The predicted molar refractivity (Wildman–Crippen MR) is 114 cm³/mol. The van der Waals surface area contributed by atoms with E-state index in [9.17, 15) is 5.11 Å². The van der Waals surface area contributed by atoms with Crippen molar-refractivity contribution in [2.45, 2.75) is 39.0 Å². The zero-order valence-electron chi connectivity index (χ0n) is 17.8. The Morgan fingerprint density at radius 3 is 2.66 bits per heavy atom. The van der Waals surface area contributed by atoms with Crippen LogP contribution in [0.1, 0.15) is 29.5 Å². The highest BCUT2D eigenvalue weighted by Crippen LogP contribution is 2.27. The van der Waals surface area contributed by atoms with Gasteiger partial charge in [-0.2, -0.15) is 0 Å². The fourth-order valence-corrected chi connectivity index (χ4v) is 3.75. The van der Waals surface area contributed by atoms with Crippen molar-refractivity contribution in [3.63, 3.8) is 0 Å². The molecular formula is C23H33N3O3. The van der Waals surface area contributed by atoms with Gasteiger partial charge in [0, 0.05) is 43.7 Å². The molecule has 1 aromatic carbocycles. The van der Waals surface area contributed by atoms with Gasteiger partial charge >= 0.3 is 0 Å². The van der Waals surface area contributed by atoms with Gasteiger partial charge < -0.3 is 19.5 Å². The van der Waals surface area contributed by atoms with Gasteiger partial charge in [-0.05, 0) is 63.2 Å². The number of aliphatic hydroxyl groups excluding tert-OH is 1. The summed E-state index contributed by atoms with van der Waals surface area (Å²) >= 11 is 0. The Labute approximate surface area is 174 Å². The van der Waals surface area contributed by atoms with Crippen molar-refractivity contribution in [1.29, 1.82) is 0 Å². The molecule has 1 N–H and O–H groups in total. The maximum Gasteiger partial charge on any atom is 0.127 e. The van der Waals surface area contributed by atoms with Crippen LogP contribution in [0.25, 0.3) is 0 Å². The first-order valence-corrected chi connectivity index (χ1v) is 10.3. The summed E-state index contributed by atoms with van der Waals surface area (Å²) in [5.41, 5.74) is 3.53. The molecule has 1 saturated heterocycles. The molecule has 0 saturated carbocycles. The number of aromatic nitrogens is 1. The highest BCUT2D eigenvalue weighted by Gasteiger charge is 2.17. The molecule has 6 nitrogen and oxygen atoms in total. The molecule has 1 atom stereocenters. The third kappa shape index (κ3) is 6.42. The normalized spacial score (nSPS) is 15.6. The molecule has 1 fully saturated rings. The van der Waals surface area contributed by atoms with Gasteiger partial charge in [-0.3, -0.25) is 9.88 Å². The zero-order chi connectivity index (χ0) is 20.6. The first kappa shape index (κ1) is 21.6. The number of likely N-dealkylation sites (tertiary alicyclic amines) is 1. The third-order valence-corrected chi connectivity index (χ3v) is 5.39. The molecule has 0 amide bonds. The monoisotopic (exact) mass is 399 g/mol. The average Bonchev–Trinajstić information content (AvgIpc) is 3.22. The Bertz CT molecular complexity index is 778. The quantitative estimate of drug-likeness (QED) is 0.663. The Balaban J connectivity index is 1.62. The van der Waals surface area contributed by atoms with Gasteiger partial charge in [0.1, 0.15) is 24.2 Å². The number of pyridine rings is 1. The Morgan fingerprint density at radius 1 is 1.17 bits per heavy atom. The topological polar surface area (TPSA) is 58.1 Å². The van der Waals surface area contributed by atoms with Crippen molar-refractivity contribution in [1.82, 2.24) is 14.8 Å². The van der Waals surface area contributed by atoms with Crippen molar-refractivity contribution in [3.05, 3.63) is 53.3 Å². The zero-order valence-corrected chi connectivity index (χ0v) is 17.8. The van der Waals surface area contributed by atoms with Gasteiger partial charge in [-0.15, -0.1) is 0 Å². The third-order valence-electron chi connectivity index (χ3n) is 5.39. The lowest BCUT2D eigenvalue weighted by atomic mass is 10.1. The van der Waals surface area contributed by atoms with E-state index in [4.69, 9.17) is 9.47 Å². The first-order valence-electron chi connectivity index (χ1n) is 10.3. The van der Waals surface area contributed by atoms with Crippen LogP contribution < -0.4 is 9.47 Å². The summed E-state index contributed by atoms with van der Waals surface area (Å²) in [5.74, 6) is 1.52. The summed E-state index contributed by atoms with van der Waals surface area (Å²) in [5, 5.41) is 10.4. The van der Waals surface area contributed by atoms with Crippen LogP contribution in [0.4, 0.5) is 0 Å². The molecule has 0 bridgehead atoms. The van der Waals surface area contributed by atoms with Gasteiger partial charge in [0.05, 0.1) is 7.11 Å². The van der Waals surface area contributed by atoms with E-state index in [0.29, 0.717) is 6.54 Å². The van der Waals surface area contributed by atoms with E-state index in [1.165, 1.54) is 24.0 Å². The lowest BCUT2D eigenvalue weighted by molar-refractivity contribution is 0.0750. The first-order chi connectivity index (χ1) is 14.0. The Kier molecular flexibility index (Phi) is 7.86. The molecule has 0 aliphatic carbocycles. The van der Waals surface area contributed by atoms with Crippen LogP contribution in [-0.4, -0.2) is 66.4 Å². The second-order valence-corrected chi connectivity index (χ2v) is 7.92. The highest BCUT2D eigenvalue weighted by atomic mass is 16.5. The summed E-state index contributed by atoms with van der Waals surface area (Å²) in [7, 11) is 3.75. The maximum atomic E-state index is 10.4. The molecule has 0 radical (unpaired) electrons. The fraction of sp³-hybridized carbons (Fsp3) is 0.522. The number of hydrogen-bond donors (Lipinski definition) is 1. The molecule has 2 aromatic rings. The van der Waals surface area contributed by atoms with Crippen molar-refractivity contribution < 1.29 is 14.6 Å². The predicted octanol–water partition coefficient (Wildman–Crippen LogP) is 2.87. The van der Waals surface area contributed by atoms with Crippen LogP contribution >= 0.6 is 0 Å². The summed E-state index contributed by atoms with van der Waals surface area (Å²) < 4.78 is 11.4. The summed E-state index contributed by atoms with van der Waals surface area (Å²) in [6, 6.07) is 7.96. The maximum absolute atomic E-state index is 10.4. The molecule has 1 aliphatic rings. The molecule has 0 spiro atoms. The summed E-state index contributed by atoms with van der Waals surface area (Å²) in [6.45, 7) is 6.74. The van der Waals surface area contributed by atoms with Gasteiger partial charge in [0.2, 0.25) is 0 Å². The SMILES string of the molecule is COc1ccc(CN(C)Cc2ccncc2C)c(OC[C@@H](O)CN2CCCC2)c1. The minimum absolute atomic E-state index is 0.282. The number of benzene rings is 1. The van der Waals surface area contributed by atoms with Gasteiger partial charge in [-0.1, -0.05) is 6.07 Å². The van der Waals surface area contributed by atoms with E-state index >= 15 is 0 Å². The van der Waals surface area contributed by atoms with E-state index in [-0.39, 0.29) is 6.61 Å². The molecular weight excluding hydrogens is 366 g/mol. The number of rotatable bonds is 10. The van der Waals surface area contributed by atoms with E-state index in [2.05, 4.69) is 34.8 Å². The minimum Gasteiger partial charge on any atom is -0.497 e. The number of ether oxygens (including phenoxy) is 2. The van der Waals surface area contributed by atoms with E-state index < -0.39 is 6.10 Å². The number of aryl methyl sites for hydroxylation is 1. The number of methoxy groups -OCH3 is 1. The molecule has 6 heteroatoms. The average molecular weight is 400 g/mol. The molecule has 2 heterocycles. The summed E-state index contributed by atoms with van der Waals surface area (Å²) in [6.07, 6.45) is 5.67. The van der Waals surface area contributed by atoms with Crippen LogP contribution in [0.3, 0.4) is 0 Å². The van der Waals surface area contributed by atoms with Crippen LogP contribution in [-0.2, 0) is 13.1 Å². The van der Waals surface area contributed by atoms with Gasteiger partial charge in [0.15, 0.2) is 0 Å². The lowest BCUT2D eigenvalue weighted by Crippen LogP contribution is -2.33. The van der Waals surface area contributed by atoms with Gasteiger partial charge in [-0.25, -0.2) is 0 Å². The molecule has 1 aromatic heterocycles. The second-order valence-electron chi connectivity index (χ2n) is 7.92. The second kappa shape index (κ2) is 10.6. The number of hydrogen-bond acceptors (Lipinski definition) is 6. The molecule has 158 valence electrons. The van der Waals surface area contributed by atoms with Crippen molar-refractivity contribution in [2.24, 2.45) is 0 Å². The highest BCUT2D eigenvalue weighted by molar-refractivity contribution is 5.41. The van der Waals surface area contributed by atoms with Crippen molar-refractivity contribution in [2.75, 3.05) is 40.4 Å². The van der Waals surface area contributed by atoms with Crippen molar-refractivity contribution in [3.8, 4) is 11.5 Å². The number of aliphatic hydroxyl groups is 1. The largest absolute Gasteiger partial charge is 0.497 e.